The van der Waals surface area contributed by atoms with Crippen LogP contribution in [0.15, 0.2) is 24.3 Å². The van der Waals surface area contributed by atoms with Crippen molar-refractivity contribution in [3.63, 3.8) is 0 Å². The maximum absolute atomic E-state index is 14.3. The summed E-state index contributed by atoms with van der Waals surface area (Å²) in [4.78, 5) is 48.3. The molecule has 4 rings (SSSR count). The van der Waals surface area contributed by atoms with E-state index < -0.39 is 27.4 Å². The summed E-state index contributed by atoms with van der Waals surface area (Å²) in [5.74, 6) is -1.03. The molecule has 0 saturated carbocycles. The van der Waals surface area contributed by atoms with Gasteiger partial charge in [0.1, 0.15) is 6.04 Å². The highest BCUT2D eigenvalue weighted by molar-refractivity contribution is 8.02. The van der Waals surface area contributed by atoms with Crippen molar-refractivity contribution in [2.75, 3.05) is 32.8 Å². The Morgan fingerprint density at radius 2 is 1.68 bits per heavy atom. The molecule has 7 nitrogen and oxygen atoms in total. The van der Waals surface area contributed by atoms with E-state index in [9.17, 15) is 14.4 Å². The fourth-order valence-corrected chi connectivity index (χ4v) is 9.18. The van der Waals surface area contributed by atoms with Gasteiger partial charge in [0.05, 0.1) is 16.6 Å². The van der Waals surface area contributed by atoms with Crippen LogP contribution in [-0.2, 0) is 14.4 Å². The molecule has 206 valence electrons. The van der Waals surface area contributed by atoms with Crippen molar-refractivity contribution >= 4 is 29.5 Å². The number of likely N-dealkylation sites (tertiary alicyclic amines) is 1. The predicted molar refractivity (Wildman–Crippen MR) is 148 cm³/mol. The van der Waals surface area contributed by atoms with Gasteiger partial charge in [0.15, 0.2) is 0 Å². The fourth-order valence-electron chi connectivity index (χ4n) is 7.02. The Morgan fingerprint density at radius 1 is 0.946 bits per heavy atom. The molecule has 6 atom stereocenters. The minimum absolute atomic E-state index is 0.0200. The Kier molecular flexibility index (Phi) is 8.79. The average Bonchev–Trinajstić information content (AvgIpc) is 3.12. The molecule has 2 saturated heterocycles. The van der Waals surface area contributed by atoms with E-state index in [1.54, 1.807) is 11.8 Å². The van der Waals surface area contributed by atoms with Crippen LogP contribution in [0.25, 0.3) is 0 Å². The van der Waals surface area contributed by atoms with Crippen LogP contribution in [0.5, 0.6) is 0 Å². The maximum atomic E-state index is 14.3. The van der Waals surface area contributed by atoms with Crippen molar-refractivity contribution in [3.8, 4) is 0 Å². The lowest BCUT2D eigenvalue weighted by Gasteiger charge is -2.38. The van der Waals surface area contributed by atoms with E-state index in [1.165, 1.54) is 0 Å². The molecule has 4 heterocycles. The molecular formula is C29H45N3O4S. The van der Waals surface area contributed by atoms with Gasteiger partial charge in [-0.15, -0.1) is 11.8 Å². The summed E-state index contributed by atoms with van der Waals surface area (Å²) >= 11 is 1.67. The topological polar surface area (TPSA) is 81.2 Å². The number of hydrogen-bond donors (Lipinski definition) is 1. The van der Waals surface area contributed by atoms with Crippen LogP contribution in [0, 0.1) is 11.8 Å². The van der Waals surface area contributed by atoms with Gasteiger partial charge < -0.3 is 19.8 Å². The Hall–Kier alpha value is -1.80. The molecule has 1 spiro atoms. The molecule has 0 aliphatic carbocycles. The molecule has 2 unspecified atom stereocenters. The van der Waals surface area contributed by atoms with Crippen LogP contribution in [0.2, 0.25) is 0 Å². The number of aliphatic hydroxyl groups is 1. The number of thioether (sulfide) groups is 1. The first-order chi connectivity index (χ1) is 17.8. The number of rotatable bonds is 11. The van der Waals surface area contributed by atoms with Gasteiger partial charge in [-0.2, -0.15) is 0 Å². The number of nitrogens with zero attached hydrogens (tertiary/aromatic N) is 3. The van der Waals surface area contributed by atoms with Crippen molar-refractivity contribution < 1.29 is 19.5 Å². The molecule has 0 aromatic carbocycles. The summed E-state index contributed by atoms with van der Waals surface area (Å²) < 4.78 is -1.30. The second-order valence-corrected chi connectivity index (χ2v) is 13.2. The zero-order chi connectivity index (χ0) is 26.8. The molecule has 0 radical (unpaired) electrons. The molecule has 1 N–H and O–H groups in total. The van der Waals surface area contributed by atoms with Gasteiger partial charge in [0, 0.05) is 43.6 Å². The van der Waals surface area contributed by atoms with Crippen molar-refractivity contribution in [1.82, 2.24) is 14.7 Å². The van der Waals surface area contributed by atoms with E-state index >= 15 is 0 Å². The van der Waals surface area contributed by atoms with Gasteiger partial charge in [0.2, 0.25) is 17.7 Å². The van der Waals surface area contributed by atoms with Gasteiger partial charge in [-0.3, -0.25) is 14.4 Å². The molecule has 0 aromatic heterocycles. The zero-order valence-electron chi connectivity index (χ0n) is 23.0. The summed E-state index contributed by atoms with van der Waals surface area (Å²) in [5, 5.41) is 9.15. The second-order valence-electron chi connectivity index (χ2n) is 11.4. The normalized spacial score (nSPS) is 33.9. The SMILES string of the molecule is CCCC(C)N1CC=C[C@]23S[C@]4(C)C=CCN(CCC)C(=O)[C@@H]4[C@H]2C(=O)N(CCCCCCO)C3C1=O. The molecule has 4 aliphatic heterocycles. The summed E-state index contributed by atoms with van der Waals surface area (Å²) in [6.07, 6.45) is 14.5. The summed E-state index contributed by atoms with van der Waals surface area (Å²) in [6, 6.07) is -0.512. The van der Waals surface area contributed by atoms with Crippen molar-refractivity contribution in [1.29, 1.82) is 0 Å². The molecule has 0 aromatic rings. The molecule has 4 aliphatic rings. The Labute approximate surface area is 226 Å². The monoisotopic (exact) mass is 531 g/mol. The quantitative estimate of drug-likeness (QED) is 0.325. The lowest BCUT2D eigenvalue weighted by molar-refractivity contribution is -0.145. The third kappa shape index (κ3) is 4.88. The highest BCUT2D eigenvalue weighted by Gasteiger charge is 2.73. The molecular weight excluding hydrogens is 486 g/mol. The second kappa shape index (κ2) is 11.5. The Bertz CT molecular complexity index is 938. The van der Waals surface area contributed by atoms with E-state index in [1.807, 2.05) is 14.7 Å². The fraction of sp³-hybridized carbons (Fsp3) is 0.759. The van der Waals surface area contributed by atoms with Crippen molar-refractivity contribution in [2.24, 2.45) is 11.8 Å². The first-order valence-electron chi connectivity index (χ1n) is 14.3. The minimum Gasteiger partial charge on any atom is -0.396 e. The molecule has 0 bridgehead atoms. The smallest absolute Gasteiger partial charge is 0.247 e. The Balaban J connectivity index is 1.75. The maximum Gasteiger partial charge on any atom is 0.247 e. The zero-order valence-corrected chi connectivity index (χ0v) is 23.8. The van der Waals surface area contributed by atoms with Crippen LogP contribution in [0.1, 0.15) is 72.6 Å². The van der Waals surface area contributed by atoms with Crippen LogP contribution < -0.4 is 0 Å². The van der Waals surface area contributed by atoms with Gasteiger partial charge in [-0.25, -0.2) is 0 Å². The predicted octanol–water partition coefficient (Wildman–Crippen LogP) is 3.62. The van der Waals surface area contributed by atoms with Crippen molar-refractivity contribution in [3.05, 3.63) is 24.3 Å². The van der Waals surface area contributed by atoms with E-state index in [4.69, 9.17) is 5.11 Å². The van der Waals surface area contributed by atoms with Gasteiger partial charge in [-0.05, 0) is 39.5 Å². The number of aliphatic hydroxyl groups excluding tert-OH is 1. The van der Waals surface area contributed by atoms with Gasteiger partial charge >= 0.3 is 0 Å². The highest BCUT2D eigenvalue weighted by Crippen LogP contribution is 2.65. The van der Waals surface area contributed by atoms with E-state index in [0.717, 1.165) is 44.9 Å². The van der Waals surface area contributed by atoms with Crippen LogP contribution in [-0.4, -0.2) is 91.9 Å². The van der Waals surface area contributed by atoms with Gasteiger partial charge in [-0.1, -0.05) is 57.4 Å². The number of hydrogen-bond acceptors (Lipinski definition) is 5. The number of carbonyl (C=O) groups excluding carboxylic acids is 3. The molecule has 3 amide bonds. The largest absolute Gasteiger partial charge is 0.396 e. The number of unbranched alkanes of at least 4 members (excludes halogenated alkanes) is 3. The standard InChI is InChI=1S/C29H45N3O4S/c1-5-13-21(3)31-19-12-15-29-23(22-25(34)30(16-6-2)17-11-14-28(22,4)37-29)26(35)32(24(29)27(31)36)18-9-7-8-10-20-33/h11-12,14-15,21-24,33H,5-10,13,16-20H2,1-4H3/t21?,22-,23-,24?,28+,29-/m0/s1. The number of fused-ring (bicyclic) bond motifs is 2. The number of carbonyl (C=O) groups is 3. The van der Waals surface area contributed by atoms with Crippen LogP contribution in [0.3, 0.4) is 0 Å². The summed E-state index contributed by atoms with van der Waals surface area (Å²) in [5.41, 5.74) is 0. The summed E-state index contributed by atoms with van der Waals surface area (Å²) in [7, 11) is 0. The molecule has 2 fully saturated rings. The lowest BCUT2D eigenvalue weighted by atomic mass is 9.74. The first-order valence-corrected chi connectivity index (χ1v) is 15.1. The van der Waals surface area contributed by atoms with Crippen LogP contribution >= 0.6 is 11.8 Å². The summed E-state index contributed by atoms with van der Waals surface area (Å²) in [6.45, 7) is 10.8. The third-order valence-electron chi connectivity index (χ3n) is 8.71. The Morgan fingerprint density at radius 3 is 2.38 bits per heavy atom. The highest BCUT2D eigenvalue weighted by atomic mass is 32.2. The average molecular weight is 532 g/mol. The first kappa shape index (κ1) is 28.2. The molecule has 8 heteroatoms. The van der Waals surface area contributed by atoms with Crippen LogP contribution in [0.4, 0.5) is 0 Å². The van der Waals surface area contributed by atoms with E-state index in [2.05, 4.69) is 52.0 Å². The molecule has 37 heavy (non-hydrogen) atoms. The van der Waals surface area contributed by atoms with E-state index in [-0.39, 0.29) is 30.4 Å². The van der Waals surface area contributed by atoms with Crippen molar-refractivity contribution in [2.45, 2.75) is 94.2 Å². The third-order valence-corrected chi connectivity index (χ3v) is 10.5. The minimum atomic E-state index is -0.755. The number of amides is 3. The lowest BCUT2D eigenvalue weighted by Crippen LogP contribution is -2.55. The van der Waals surface area contributed by atoms with Gasteiger partial charge in [0.25, 0.3) is 0 Å². The van der Waals surface area contributed by atoms with E-state index in [0.29, 0.717) is 26.2 Å².